The molecule has 98 valence electrons. The number of benzene rings is 1. The molecule has 0 saturated carbocycles. The normalized spacial score (nSPS) is 16.3. The lowest BCUT2D eigenvalue weighted by atomic mass is 10.1. The zero-order valence-electron chi connectivity index (χ0n) is 9.98. The predicted molar refractivity (Wildman–Crippen MR) is 69.1 cm³/mol. The van der Waals surface area contributed by atoms with E-state index >= 15 is 0 Å². The monoisotopic (exact) mass is 268 g/mol. The molecular formula is C12H16N2O3S. The fraction of sp³-hybridized carbons (Fsp3) is 0.417. The third-order valence-corrected chi connectivity index (χ3v) is 4.73. The molecule has 1 aromatic carbocycles. The van der Waals surface area contributed by atoms with Crippen molar-refractivity contribution >= 4 is 21.4 Å². The molecular weight excluding hydrogens is 252 g/mol. The molecule has 0 atom stereocenters. The van der Waals surface area contributed by atoms with Crippen LogP contribution in [-0.2, 0) is 21.1 Å². The molecule has 5 nitrogen and oxygen atoms in total. The largest absolute Gasteiger partial charge is 0.330 e. The average molecular weight is 268 g/mol. The van der Waals surface area contributed by atoms with Crippen molar-refractivity contribution < 1.29 is 13.2 Å². The average Bonchev–Trinajstić information content (AvgIpc) is 2.63. The molecule has 0 spiro atoms. The van der Waals surface area contributed by atoms with E-state index in [1.807, 2.05) is 0 Å². The Labute approximate surface area is 106 Å². The number of carbonyl (C=O) groups is 1. The predicted octanol–water partition coefficient (Wildman–Crippen LogP) is 0.694. The summed E-state index contributed by atoms with van der Waals surface area (Å²) in [6.45, 7) is 0.464. The quantitative estimate of drug-likeness (QED) is 0.841. The van der Waals surface area contributed by atoms with E-state index in [1.165, 1.54) is 6.07 Å². The molecule has 0 bridgehead atoms. The van der Waals surface area contributed by atoms with Gasteiger partial charge in [0.2, 0.25) is 5.91 Å². The van der Waals surface area contributed by atoms with E-state index in [-0.39, 0.29) is 11.7 Å². The number of nitrogens with one attached hydrogen (secondary N) is 1. The first-order valence-electron chi connectivity index (χ1n) is 5.88. The zero-order chi connectivity index (χ0) is 13.2. The van der Waals surface area contributed by atoms with Gasteiger partial charge < -0.3 is 11.1 Å². The Morgan fingerprint density at radius 3 is 2.89 bits per heavy atom. The van der Waals surface area contributed by atoms with Crippen LogP contribution in [0.4, 0.5) is 5.69 Å². The molecule has 0 aromatic heterocycles. The number of hydrogen-bond donors (Lipinski definition) is 2. The van der Waals surface area contributed by atoms with Crippen molar-refractivity contribution in [3.05, 3.63) is 23.8 Å². The summed E-state index contributed by atoms with van der Waals surface area (Å²) in [6, 6.07) is 5.04. The highest BCUT2D eigenvalue weighted by atomic mass is 32.2. The van der Waals surface area contributed by atoms with Crippen LogP contribution in [0.2, 0.25) is 0 Å². The molecule has 0 fully saturated rings. The standard InChI is InChI=1S/C12H16N2O3S/c13-6-1-2-12(15)14-10-4-3-9-5-7-18(16,17)11(9)8-10/h3-4,8H,1-2,5-7,13H2,(H,14,15). The van der Waals surface area contributed by atoms with Crippen LogP contribution in [0.3, 0.4) is 0 Å². The van der Waals surface area contributed by atoms with Gasteiger partial charge in [0.15, 0.2) is 9.84 Å². The smallest absolute Gasteiger partial charge is 0.224 e. The molecule has 1 aliphatic heterocycles. The Balaban J connectivity index is 2.15. The second-order valence-electron chi connectivity index (χ2n) is 4.33. The lowest BCUT2D eigenvalue weighted by Gasteiger charge is -2.06. The Hall–Kier alpha value is -1.40. The summed E-state index contributed by atoms with van der Waals surface area (Å²) in [7, 11) is -3.15. The van der Waals surface area contributed by atoms with E-state index in [9.17, 15) is 13.2 Å². The minimum absolute atomic E-state index is 0.143. The van der Waals surface area contributed by atoms with E-state index in [1.54, 1.807) is 12.1 Å². The number of nitrogens with two attached hydrogens (primary N) is 1. The van der Waals surface area contributed by atoms with Gasteiger partial charge in [-0.05, 0) is 37.1 Å². The number of amides is 1. The van der Waals surface area contributed by atoms with Crippen LogP contribution in [0, 0.1) is 0 Å². The number of sulfone groups is 1. The Morgan fingerprint density at radius 2 is 2.17 bits per heavy atom. The first-order valence-corrected chi connectivity index (χ1v) is 7.54. The lowest BCUT2D eigenvalue weighted by Crippen LogP contribution is -2.13. The molecule has 18 heavy (non-hydrogen) atoms. The summed E-state index contributed by atoms with van der Waals surface area (Å²) in [6.07, 6.45) is 1.52. The van der Waals surface area contributed by atoms with Crippen molar-refractivity contribution in [1.82, 2.24) is 0 Å². The van der Waals surface area contributed by atoms with E-state index in [2.05, 4.69) is 5.32 Å². The topological polar surface area (TPSA) is 89.3 Å². The molecule has 0 aliphatic carbocycles. The molecule has 0 radical (unpaired) electrons. The van der Waals surface area contributed by atoms with E-state index in [4.69, 9.17) is 5.73 Å². The Bertz CT molecular complexity index is 567. The highest BCUT2D eigenvalue weighted by Crippen LogP contribution is 2.28. The van der Waals surface area contributed by atoms with Gasteiger partial charge in [0, 0.05) is 12.1 Å². The van der Waals surface area contributed by atoms with Crippen LogP contribution in [-0.4, -0.2) is 26.6 Å². The maximum absolute atomic E-state index is 11.7. The van der Waals surface area contributed by atoms with E-state index in [0.29, 0.717) is 36.4 Å². The van der Waals surface area contributed by atoms with Crippen LogP contribution >= 0.6 is 0 Å². The van der Waals surface area contributed by atoms with Gasteiger partial charge in [0.05, 0.1) is 10.6 Å². The number of fused-ring (bicyclic) bond motifs is 1. The van der Waals surface area contributed by atoms with Gasteiger partial charge in [-0.3, -0.25) is 4.79 Å². The number of anilines is 1. The summed E-state index contributed by atoms with van der Waals surface area (Å²) in [5, 5.41) is 2.69. The van der Waals surface area contributed by atoms with Crippen molar-refractivity contribution in [3.8, 4) is 0 Å². The second-order valence-corrected chi connectivity index (χ2v) is 6.41. The number of carbonyl (C=O) groups excluding carboxylic acids is 1. The van der Waals surface area contributed by atoms with Crippen LogP contribution in [0.1, 0.15) is 18.4 Å². The van der Waals surface area contributed by atoms with Gasteiger partial charge in [-0.15, -0.1) is 0 Å². The molecule has 6 heteroatoms. The molecule has 1 amide bonds. The summed E-state index contributed by atoms with van der Waals surface area (Å²) in [5.74, 6) is 0.0168. The minimum atomic E-state index is -3.15. The van der Waals surface area contributed by atoms with Crippen molar-refractivity contribution in [3.63, 3.8) is 0 Å². The molecule has 0 saturated heterocycles. The van der Waals surface area contributed by atoms with E-state index in [0.717, 1.165) is 5.56 Å². The maximum atomic E-state index is 11.7. The Kier molecular flexibility index (Phi) is 3.68. The van der Waals surface area contributed by atoms with Crippen LogP contribution in [0.5, 0.6) is 0 Å². The molecule has 1 heterocycles. The number of rotatable bonds is 4. The third-order valence-electron chi connectivity index (χ3n) is 2.93. The van der Waals surface area contributed by atoms with Crippen molar-refractivity contribution in [2.45, 2.75) is 24.2 Å². The van der Waals surface area contributed by atoms with Crippen molar-refractivity contribution in [2.75, 3.05) is 17.6 Å². The molecule has 1 aromatic rings. The van der Waals surface area contributed by atoms with Crippen LogP contribution in [0.15, 0.2) is 23.1 Å². The zero-order valence-corrected chi connectivity index (χ0v) is 10.8. The third kappa shape index (κ3) is 2.70. The summed E-state index contributed by atoms with van der Waals surface area (Å²) in [4.78, 5) is 11.9. The fourth-order valence-electron chi connectivity index (χ4n) is 1.97. The van der Waals surface area contributed by atoms with Crippen molar-refractivity contribution in [1.29, 1.82) is 0 Å². The fourth-order valence-corrected chi connectivity index (χ4v) is 3.55. The molecule has 3 N–H and O–H groups in total. The van der Waals surface area contributed by atoms with Crippen molar-refractivity contribution in [2.24, 2.45) is 5.73 Å². The van der Waals surface area contributed by atoms with Crippen LogP contribution in [0.25, 0.3) is 0 Å². The molecule has 0 unspecified atom stereocenters. The highest BCUT2D eigenvalue weighted by Gasteiger charge is 2.26. The van der Waals surface area contributed by atoms with Gasteiger partial charge >= 0.3 is 0 Å². The number of aryl methyl sites for hydroxylation is 1. The maximum Gasteiger partial charge on any atom is 0.224 e. The summed E-state index contributed by atoms with van der Waals surface area (Å²) >= 11 is 0. The van der Waals surface area contributed by atoms with Gasteiger partial charge in [-0.1, -0.05) is 6.07 Å². The van der Waals surface area contributed by atoms with E-state index < -0.39 is 9.84 Å². The second kappa shape index (κ2) is 5.07. The van der Waals surface area contributed by atoms with Gasteiger partial charge in [0.25, 0.3) is 0 Å². The Morgan fingerprint density at radius 1 is 1.39 bits per heavy atom. The number of hydrogen-bond acceptors (Lipinski definition) is 4. The lowest BCUT2D eigenvalue weighted by molar-refractivity contribution is -0.116. The molecule has 1 aliphatic rings. The SMILES string of the molecule is NCCCC(=O)Nc1ccc2c(c1)S(=O)(=O)CC2. The summed E-state index contributed by atoms with van der Waals surface area (Å²) < 4.78 is 23.5. The summed E-state index contributed by atoms with van der Waals surface area (Å²) in [5.41, 5.74) is 6.68. The first kappa shape index (κ1) is 13.0. The van der Waals surface area contributed by atoms with Gasteiger partial charge in [-0.25, -0.2) is 8.42 Å². The highest BCUT2D eigenvalue weighted by molar-refractivity contribution is 7.91. The van der Waals surface area contributed by atoms with Gasteiger partial charge in [-0.2, -0.15) is 0 Å². The van der Waals surface area contributed by atoms with Gasteiger partial charge in [0.1, 0.15) is 0 Å². The molecule has 2 rings (SSSR count). The van der Waals surface area contributed by atoms with Crippen LogP contribution < -0.4 is 11.1 Å². The minimum Gasteiger partial charge on any atom is -0.330 e. The first-order chi connectivity index (χ1) is 8.53.